The maximum atomic E-state index is 12.3. The van der Waals surface area contributed by atoms with Gasteiger partial charge in [-0.25, -0.2) is 0 Å². The first-order valence-corrected chi connectivity index (χ1v) is 11.3. The first-order chi connectivity index (χ1) is 14.7. The maximum absolute atomic E-state index is 12.3. The van der Waals surface area contributed by atoms with Gasteiger partial charge in [0.15, 0.2) is 0 Å². The van der Waals surface area contributed by atoms with E-state index in [4.69, 9.17) is 4.52 Å². The van der Waals surface area contributed by atoms with E-state index in [1.807, 2.05) is 23.5 Å². The van der Waals surface area contributed by atoms with Crippen LogP contribution in [0.5, 0.6) is 0 Å². The number of thiophene rings is 1. The predicted molar refractivity (Wildman–Crippen MR) is 116 cm³/mol. The van der Waals surface area contributed by atoms with Crippen LogP contribution in [0.3, 0.4) is 0 Å². The molecule has 158 valence electrons. The van der Waals surface area contributed by atoms with Crippen molar-refractivity contribution >= 4 is 17.2 Å². The summed E-state index contributed by atoms with van der Waals surface area (Å²) in [6.07, 6.45) is 6.75. The van der Waals surface area contributed by atoms with Crippen molar-refractivity contribution in [2.75, 3.05) is 19.6 Å². The molecule has 1 aliphatic heterocycles. The Balaban J connectivity index is 1.43. The van der Waals surface area contributed by atoms with Crippen molar-refractivity contribution in [1.82, 2.24) is 25.3 Å². The number of amides is 1. The molecule has 1 atom stereocenters. The van der Waals surface area contributed by atoms with Crippen molar-refractivity contribution < 1.29 is 9.32 Å². The molecule has 1 aliphatic rings. The van der Waals surface area contributed by atoms with Crippen LogP contribution in [0.1, 0.15) is 47.2 Å². The van der Waals surface area contributed by atoms with Crippen molar-refractivity contribution in [1.29, 1.82) is 0 Å². The molecule has 0 aliphatic carbocycles. The summed E-state index contributed by atoms with van der Waals surface area (Å²) in [6.45, 7) is 5.37. The Morgan fingerprint density at radius 2 is 2.20 bits per heavy atom. The molecule has 0 saturated carbocycles. The number of carbonyl (C=O) groups excluding carboxylic acids is 1. The van der Waals surface area contributed by atoms with Crippen molar-refractivity contribution in [3.05, 3.63) is 52.3 Å². The van der Waals surface area contributed by atoms with Gasteiger partial charge in [-0.2, -0.15) is 4.98 Å². The van der Waals surface area contributed by atoms with E-state index in [0.717, 1.165) is 44.5 Å². The molecular formula is C22H27N5O2S. The molecule has 1 amide bonds. The first-order valence-electron chi connectivity index (χ1n) is 10.5. The quantitative estimate of drug-likeness (QED) is 0.685. The molecular weight excluding hydrogens is 398 g/mol. The average molecular weight is 426 g/mol. The van der Waals surface area contributed by atoms with Gasteiger partial charge in [0.05, 0.1) is 0 Å². The second-order valence-corrected chi connectivity index (χ2v) is 9.09. The third-order valence-corrected chi connectivity index (χ3v) is 6.37. The fourth-order valence-corrected chi connectivity index (χ4v) is 4.69. The van der Waals surface area contributed by atoms with Gasteiger partial charge < -0.3 is 9.84 Å². The minimum Gasteiger partial charge on any atom is -0.356 e. The van der Waals surface area contributed by atoms with Crippen molar-refractivity contribution in [3.63, 3.8) is 0 Å². The van der Waals surface area contributed by atoms with E-state index in [2.05, 4.69) is 44.4 Å². The molecule has 30 heavy (non-hydrogen) atoms. The number of hydrogen-bond acceptors (Lipinski definition) is 7. The Morgan fingerprint density at radius 1 is 1.27 bits per heavy atom. The number of hydrogen-bond donors (Lipinski definition) is 1. The SMILES string of the molecule is Cc1ccc(CN2CCCC(c3nc(-c4cccnc4)no3)CCNC(=O)CC2)s1. The fraction of sp³-hybridized carbons (Fsp3) is 0.455. The van der Waals surface area contributed by atoms with Crippen LogP contribution < -0.4 is 5.32 Å². The van der Waals surface area contributed by atoms with Gasteiger partial charge in [-0.15, -0.1) is 11.3 Å². The highest BCUT2D eigenvalue weighted by Crippen LogP contribution is 2.26. The summed E-state index contributed by atoms with van der Waals surface area (Å²) in [5, 5.41) is 7.19. The van der Waals surface area contributed by atoms with Crippen LogP contribution >= 0.6 is 11.3 Å². The second-order valence-electron chi connectivity index (χ2n) is 7.71. The standard InChI is InChI=1S/C22H27N5O2S/c1-16-6-7-19(30-16)15-27-12-3-5-17(8-11-24-20(28)9-13-27)22-25-21(26-29-22)18-4-2-10-23-14-18/h2,4,6-7,10,14,17H,3,5,8-9,11-13,15H2,1H3,(H,24,28). The van der Waals surface area contributed by atoms with Crippen LogP contribution in [0.2, 0.25) is 0 Å². The van der Waals surface area contributed by atoms with Crippen LogP contribution in [0, 0.1) is 6.92 Å². The Morgan fingerprint density at radius 3 is 3.00 bits per heavy atom. The molecule has 0 bridgehead atoms. The molecule has 8 heteroatoms. The Hall–Kier alpha value is -2.58. The lowest BCUT2D eigenvalue weighted by atomic mass is 9.99. The van der Waals surface area contributed by atoms with E-state index in [9.17, 15) is 4.79 Å². The van der Waals surface area contributed by atoms with Gasteiger partial charge in [0, 0.05) is 59.7 Å². The lowest BCUT2D eigenvalue weighted by Crippen LogP contribution is -2.31. The molecule has 0 radical (unpaired) electrons. The topological polar surface area (TPSA) is 84.2 Å². The lowest BCUT2D eigenvalue weighted by Gasteiger charge is -2.21. The Labute approximate surface area is 180 Å². The van der Waals surface area contributed by atoms with E-state index in [1.54, 1.807) is 12.4 Å². The van der Waals surface area contributed by atoms with Crippen LogP contribution in [-0.4, -0.2) is 45.6 Å². The second kappa shape index (κ2) is 9.95. The number of carbonyl (C=O) groups is 1. The van der Waals surface area contributed by atoms with Gasteiger partial charge >= 0.3 is 0 Å². The number of aromatic nitrogens is 3. The molecule has 1 unspecified atom stereocenters. The van der Waals surface area contributed by atoms with Gasteiger partial charge in [0.1, 0.15) is 0 Å². The van der Waals surface area contributed by atoms with Gasteiger partial charge in [0.25, 0.3) is 0 Å². The number of rotatable bonds is 4. The van der Waals surface area contributed by atoms with Crippen molar-refractivity contribution in [2.45, 2.75) is 45.1 Å². The van der Waals surface area contributed by atoms with E-state index >= 15 is 0 Å². The molecule has 1 N–H and O–H groups in total. The van der Waals surface area contributed by atoms with Gasteiger partial charge in [-0.1, -0.05) is 5.16 Å². The van der Waals surface area contributed by atoms with Crippen LogP contribution in [-0.2, 0) is 11.3 Å². The van der Waals surface area contributed by atoms with Crippen LogP contribution in [0.15, 0.2) is 41.2 Å². The minimum atomic E-state index is 0.101. The summed E-state index contributed by atoms with van der Waals surface area (Å²) in [4.78, 5) is 26.0. The molecule has 7 nitrogen and oxygen atoms in total. The largest absolute Gasteiger partial charge is 0.356 e. The van der Waals surface area contributed by atoms with Crippen LogP contribution in [0.25, 0.3) is 11.4 Å². The number of nitrogens with zero attached hydrogens (tertiary/aromatic N) is 4. The maximum Gasteiger partial charge on any atom is 0.230 e. The zero-order valence-corrected chi connectivity index (χ0v) is 18.0. The number of pyridine rings is 1. The summed E-state index contributed by atoms with van der Waals surface area (Å²) in [6, 6.07) is 8.12. The van der Waals surface area contributed by atoms with Crippen molar-refractivity contribution in [3.8, 4) is 11.4 Å². The number of nitrogens with one attached hydrogen (secondary N) is 1. The molecule has 3 aromatic heterocycles. The Kier molecular flexibility index (Phi) is 6.86. The normalized spacial score (nSPS) is 19.2. The van der Waals surface area contributed by atoms with Gasteiger partial charge in [-0.05, 0) is 57.0 Å². The average Bonchev–Trinajstić information content (AvgIpc) is 3.39. The van der Waals surface area contributed by atoms with E-state index in [1.165, 1.54) is 9.75 Å². The van der Waals surface area contributed by atoms with Crippen LogP contribution in [0.4, 0.5) is 0 Å². The highest BCUT2D eigenvalue weighted by atomic mass is 32.1. The lowest BCUT2D eigenvalue weighted by molar-refractivity contribution is -0.121. The van der Waals surface area contributed by atoms with E-state index < -0.39 is 0 Å². The number of aryl methyl sites for hydroxylation is 1. The predicted octanol–water partition coefficient (Wildman–Crippen LogP) is 3.78. The summed E-state index contributed by atoms with van der Waals surface area (Å²) < 4.78 is 5.60. The zero-order chi connectivity index (χ0) is 20.8. The monoisotopic (exact) mass is 425 g/mol. The third kappa shape index (κ3) is 5.52. The summed E-state index contributed by atoms with van der Waals surface area (Å²) in [5.74, 6) is 1.44. The molecule has 0 spiro atoms. The molecule has 4 rings (SSSR count). The molecule has 3 aromatic rings. The van der Waals surface area contributed by atoms with Gasteiger partial charge in [-0.3, -0.25) is 14.7 Å². The zero-order valence-electron chi connectivity index (χ0n) is 17.2. The fourth-order valence-electron chi connectivity index (χ4n) is 3.76. The summed E-state index contributed by atoms with van der Waals surface area (Å²) in [5.41, 5.74) is 0.842. The van der Waals surface area contributed by atoms with E-state index in [0.29, 0.717) is 24.7 Å². The summed E-state index contributed by atoms with van der Waals surface area (Å²) >= 11 is 1.83. The minimum absolute atomic E-state index is 0.101. The highest BCUT2D eigenvalue weighted by Gasteiger charge is 2.21. The third-order valence-electron chi connectivity index (χ3n) is 5.38. The molecule has 4 heterocycles. The van der Waals surface area contributed by atoms with Gasteiger partial charge in [0.2, 0.25) is 17.6 Å². The van der Waals surface area contributed by atoms with E-state index in [-0.39, 0.29) is 11.8 Å². The van der Waals surface area contributed by atoms with Crippen molar-refractivity contribution in [2.24, 2.45) is 0 Å². The molecule has 1 fully saturated rings. The highest BCUT2D eigenvalue weighted by molar-refractivity contribution is 7.11. The summed E-state index contributed by atoms with van der Waals surface area (Å²) in [7, 11) is 0. The molecule has 1 saturated heterocycles. The first kappa shape index (κ1) is 20.7. The Bertz CT molecular complexity index is 955. The molecule has 0 aromatic carbocycles. The smallest absolute Gasteiger partial charge is 0.230 e.